The van der Waals surface area contributed by atoms with Gasteiger partial charge in [0, 0.05) is 0 Å². The second-order valence-corrected chi connectivity index (χ2v) is 9.49. The third kappa shape index (κ3) is 3.92. The summed E-state index contributed by atoms with van der Waals surface area (Å²) in [7, 11) is -7.24. The van der Waals surface area contributed by atoms with Gasteiger partial charge in [-0.05, 0) is 47.9 Å². The molecule has 8 heteroatoms. The zero-order chi connectivity index (χ0) is 18.2. The second-order valence-electron chi connectivity index (χ2n) is 5.94. The molecule has 0 saturated heterocycles. The first kappa shape index (κ1) is 18.1. The van der Waals surface area contributed by atoms with E-state index in [0.717, 1.165) is 17.4 Å². The first-order chi connectivity index (χ1) is 11.7. The van der Waals surface area contributed by atoms with Crippen LogP contribution in [0.25, 0.3) is 0 Å². The highest BCUT2D eigenvalue weighted by Gasteiger charge is 2.21. The first-order valence-electron chi connectivity index (χ1n) is 7.60. The van der Waals surface area contributed by atoms with Gasteiger partial charge in [0.2, 0.25) is 9.84 Å². The Kier molecular flexibility index (Phi) is 4.72. The summed E-state index contributed by atoms with van der Waals surface area (Å²) in [6.07, 6.45) is 0.281. The molecule has 25 heavy (non-hydrogen) atoms. The molecule has 0 spiro atoms. The Hall–Kier alpha value is -1.74. The maximum absolute atomic E-state index is 12.8. The number of ether oxygens (including phenoxy) is 1. The fourth-order valence-corrected chi connectivity index (χ4v) is 4.63. The Morgan fingerprint density at radius 3 is 2.16 bits per heavy atom. The number of hydrogen-bond donors (Lipinski definition) is 0. The van der Waals surface area contributed by atoms with Gasteiger partial charge in [0.05, 0.1) is 35.4 Å². The zero-order valence-electron chi connectivity index (χ0n) is 13.8. The fraction of sp³-hybridized carbons (Fsp3) is 0.294. The van der Waals surface area contributed by atoms with Gasteiger partial charge in [0.15, 0.2) is 0 Å². The standard InChI is InChI=1S/C17H18O6S2/c1-12(23-24(2,18)19)13-3-6-16(7-4-13)25(20,21)17-8-5-14-10-22-11-15(14)9-17/h3-9,12H,10-11H2,1-2H3/t12-/m1/s1. The summed E-state index contributed by atoms with van der Waals surface area (Å²) >= 11 is 0. The quantitative estimate of drug-likeness (QED) is 0.739. The molecule has 0 amide bonds. The first-order valence-corrected chi connectivity index (χ1v) is 10.9. The van der Waals surface area contributed by atoms with Gasteiger partial charge in [-0.25, -0.2) is 8.42 Å². The lowest BCUT2D eigenvalue weighted by Crippen LogP contribution is -2.08. The van der Waals surface area contributed by atoms with Crippen molar-refractivity contribution in [1.29, 1.82) is 0 Å². The Morgan fingerprint density at radius 2 is 1.52 bits per heavy atom. The summed E-state index contributed by atoms with van der Waals surface area (Å²) in [5, 5.41) is 0. The van der Waals surface area contributed by atoms with Crippen molar-refractivity contribution in [3.63, 3.8) is 0 Å². The molecule has 0 saturated carbocycles. The normalized spacial score (nSPS) is 15.8. The molecule has 1 atom stereocenters. The SMILES string of the molecule is C[C@@H](OS(C)(=O)=O)c1ccc(S(=O)(=O)c2ccc3c(c2)COC3)cc1. The number of benzene rings is 2. The molecule has 2 aromatic carbocycles. The molecule has 0 fully saturated rings. The third-order valence-corrected chi connectivity index (χ3v) is 6.39. The van der Waals surface area contributed by atoms with E-state index < -0.39 is 26.1 Å². The predicted molar refractivity (Wildman–Crippen MR) is 91.2 cm³/mol. The predicted octanol–water partition coefficient (Wildman–Crippen LogP) is 2.59. The molecule has 6 nitrogen and oxygen atoms in total. The molecule has 0 bridgehead atoms. The van der Waals surface area contributed by atoms with E-state index in [1.807, 2.05) is 0 Å². The molecule has 0 unspecified atom stereocenters. The van der Waals surface area contributed by atoms with Gasteiger partial charge < -0.3 is 4.74 Å². The molecule has 0 N–H and O–H groups in total. The van der Waals surface area contributed by atoms with Crippen LogP contribution in [0.2, 0.25) is 0 Å². The van der Waals surface area contributed by atoms with Crippen LogP contribution in [-0.2, 0) is 42.1 Å². The lowest BCUT2D eigenvalue weighted by atomic mass is 10.1. The molecule has 1 aliphatic rings. The van der Waals surface area contributed by atoms with E-state index in [2.05, 4.69) is 0 Å². The Labute approximate surface area is 147 Å². The number of sulfone groups is 1. The van der Waals surface area contributed by atoms with E-state index in [9.17, 15) is 16.8 Å². The van der Waals surface area contributed by atoms with Crippen LogP contribution in [0.3, 0.4) is 0 Å². The van der Waals surface area contributed by atoms with Crippen LogP contribution in [0, 0.1) is 0 Å². The Morgan fingerprint density at radius 1 is 0.920 bits per heavy atom. The van der Waals surface area contributed by atoms with Crippen molar-refractivity contribution in [2.75, 3.05) is 6.26 Å². The minimum Gasteiger partial charge on any atom is -0.372 e. The lowest BCUT2D eigenvalue weighted by Gasteiger charge is -2.12. The fourth-order valence-electron chi connectivity index (χ4n) is 2.69. The third-order valence-electron chi connectivity index (χ3n) is 3.98. The molecule has 0 aromatic heterocycles. The highest BCUT2D eigenvalue weighted by molar-refractivity contribution is 7.91. The molecule has 0 radical (unpaired) electrons. The van der Waals surface area contributed by atoms with E-state index in [1.165, 1.54) is 12.1 Å². The van der Waals surface area contributed by atoms with Crippen molar-refractivity contribution in [1.82, 2.24) is 0 Å². The largest absolute Gasteiger partial charge is 0.372 e. The summed E-state index contributed by atoms with van der Waals surface area (Å²) in [5.74, 6) is 0. The molecule has 134 valence electrons. The van der Waals surface area contributed by atoms with Crippen molar-refractivity contribution in [3.05, 3.63) is 59.2 Å². The number of fused-ring (bicyclic) bond motifs is 1. The minimum atomic E-state index is -3.65. The van der Waals surface area contributed by atoms with Crippen molar-refractivity contribution >= 4 is 20.0 Å². The molecular formula is C17H18O6S2. The summed E-state index contributed by atoms with van der Waals surface area (Å²) in [4.78, 5) is 0.353. The van der Waals surface area contributed by atoms with Gasteiger partial charge in [-0.1, -0.05) is 18.2 Å². The van der Waals surface area contributed by atoms with Gasteiger partial charge in [-0.15, -0.1) is 0 Å². The Balaban J connectivity index is 1.88. The van der Waals surface area contributed by atoms with Crippen molar-refractivity contribution < 1.29 is 25.8 Å². The van der Waals surface area contributed by atoms with Crippen LogP contribution in [0.5, 0.6) is 0 Å². The number of rotatable bonds is 5. The lowest BCUT2D eigenvalue weighted by molar-refractivity contribution is 0.134. The van der Waals surface area contributed by atoms with Crippen LogP contribution in [0.4, 0.5) is 0 Å². The van der Waals surface area contributed by atoms with Crippen molar-refractivity contribution in [2.45, 2.75) is 36.0 Å². The van der Waals surface area contributed by atoms with Gasteiger partial charge >= 0.3 is 0 Å². The average Bonchev–Trinajstić information content (AvgIpc) is 3.01. The molecule has 3 rings (SSSR count). The van der Waals surface area contributed by atoms with E-state index in [1.54, 1.807) is 37.3 Å². The molecule has 2 aromatic rings. The summed E-state index contributed by atoms with van der Waals surface area (Å²) in [6.45, 7) is 2.51. The molecule has 1 aliphatic heterocycles. The zero-order valence-corrected chi connectivity index (χ0v) is 15.4. The number of hydrogen-bond acceptors (Lipinski definition) is 6. The van der Waals surface area contributed by atoms with Crippen molar-refractivity contribution in [2.24, 2.45) is 0 Å². The smallest absolute Gasteiger partial charge is 0.264 e. The van der Waals surface area contributed by atoms with Gasteiger partial charge in [0.1, 0.15) is 0 Å². The second kappa shape index (κ2) is 6.53. The summed E-state index contributed by atoms with van der Waals surface area (Å²) < 4.78 is 58.1. The average molecular weight is 382 g/mol. The topological polar surface area (TPSA) is 86.7 Å². The van der Waals surface area contributed by atoms with E-state index >= 15 is 0 Å². The van der Waals surface area contributed by atoms with Gasteiger partial charge in [0.25, 0.3) is 10.1 Å². The van der Waals surface area contributed by atoms with Gasteiger partial charge in [-0.2, -0.15) is 8.42 Å². The summed E-state index contributed by atoms with van der Waals surface area (Å²) in [5.41, 5.74) is 2.46. The maximum atomic E-state index is 12.8. The minimum absolute atomic E-state index is 0.140. The molecule has 0 aliphatic carbocycles. The highest BCUT2D eigenvalue weighted by Crippen LogP contribution is 2.28. The van der Waals surface area contributed by atoms with Crippen LogP contribution in [-0.4, -0.2) is 23.1 Å². The Bertz CT molecular complexity index is 992. The van der Waals surface area contributed by atoms with E-state index in [0.29, 0.717) is 18.8 Å². The monoisotopic (exact) mass is 382 g/mol. The van der Waals surface area contributed by atoms with Crippen LogP contribution in [0.15, 0.2) is 52.3 Å². The molecular weight excluding hydrogens is 364 g/mol. The summed E-state index contributed by atoms with van der Waals surface area (Å²) in [6, 6.07) is 11.0. The van der Waals surface area contributed by atoms with Crippen LogP contribution in [0.1, 0.15) is 29.7 Å². The van der Waals surface area contributed by atoms with Crippen molar-refractivity contribution in [3.8, 4) is 0 Å². The van der Waals surface area contributed by atoms with Crippen LogP contribution >= 0.6 is 0 Å². The highest BCUT2D eigenvalue weighted by atomic mass is 32.2. The van der Waals surface area contributed by atoms with E-state index in [4.69, 9.17) is 8.92 Å². The van der Waals surface area contributed by atoms with Crippen LogP contribution < -0.4 is 0 Å². The van der Waals surface area contributed by atoms with E-state index in [-0.39, 0.29) is 9.79 Å². The molecule has 1 heterocycles. The maximum Gasteiger partial charge on any atom is 0.264 e. The van der Waals surface area contributed by atoms with Gasteiger partial charge in [-0.3, -0.25) is 4.18 Å².